The third kappa shape index (κ3) is 3.31. The molecule has 142 valence electrons. The SMILES string of the molecule is CC(C)(C)OC(=O)N1CCC2(C=CC(=O)C=C2)c2cc3c(cc2C1)OCO3. The van der Waals surface area contributed by atoms with Gasteiger partial charge in [0.2, 0.25) is 6.79 Å². The van der Waals surface area contributed by atoms with E-state index in [1.165, 1.54) is 0 Å². The van der Waals surface area contributed by atoms with Crippen LogP contribution in [0.15, 0.2) is 36.4 Å². The number of rotatable bonds is 0. The third-order valence-electron chi connectivity index (χ3n) is 5.00. The van der Waals surface area contributed by atoms with Crippen molar-refractivity contribution in [1.29, 1.82) is 0 Å². The Hall–Kier alpha value is -2.76. The molecule has 1 aliphatic carbocycles. The van der Waals surface area contributed by atoms with Gasteiger partial charge in [-0.1, -0.05) is 12.2 Å². The molecule has 4 rings (SSSR count). The monoisotopic (exact) mass is 369 g/mol. The van der Waals surface area contributed by atoms with Crippen LogP contribution in [0.4, 0.5) is 4.79 Å². The summed E-state index contributed by atoms with van der Waals surface area (Å²) in [6, 6.07) is 3.90. The summed E-state index contributed by atoms with van der Waals surface area (Å²) in [6.45, 7) is 6.68. The summed E-state index contributed by atoms with van der Waals surface area (Å²) in [5.41, 5.74) is 0.973. The van der Waals surface area contributed by atoms with Gasteiger partial charge in [-0.25, -0.2) is 4.79 Å². The first-order valence-electron chi connectivity index (χ1n) is 9.09. The molecule has 2 heterocycles. The second-order valence-electron chi connectivity index (χ2n) is 8.12. The van der Waals surface area contributed by atoms with E-state index >= 15 is 0 Å². The van der Waals surface area contributed by atoms with E-state index in [4.69, 9.17) is 14.2 Å². The highest BCUT2D eigenvalue weighted by atomic mass is 16.7. The minimum Gasteiger partial charge on any atom is -0.454 e. The van der Waals surface area contributed by atoms with E-state index in [0.29, 0.717) is 31.0 Å². The molecule has 0 fully saturated rings. The zero-order valence-electron chi connectivity index (χ0n) is 15.8. The number of benzene rings is 1. The predicted octanol–water partition coefficient (Wildman–Crippen LogP) is 3.49. The highest BCUT2D eigenvalue weighted by Gasteiger charge is 2.38. The van der Waals surface area contributed by atoms with E-state index in [2.05, 4.69) is 0 Å². The molecule has 1 amide bonds. The van der Waals surface area contributed by atoms with Crippen molar-refractivity contribution in [2.45, 2.75) is 44.8 Å². The summed E-state index contributed by atoms with van der Waals surface area (Å²) >= 11 is 0. The van der Waals surface area contributed by atoms with Crippen molar-refractivity contribution in [2.24, 2.45) is 0 Å². The normalized spacial score (nSPS) is 19.8. The van der Waals surface area contributed by atoms with Gasteiger partial charge in [-0.3, -0.25) is 4.79 Å². The fraction of sp³-hybridized carbons (Fsp3) is 0.429. The molecule has 0 aromatic heterocycles. The number of ketones is 1. The van der Waals surface area contributed by atoms with Crippen molar-refractivity contribution in [3.05, 3.63) is 47.6 Å². The number of fused-ring (bicyclic) bond motifs is 3. The summed E-state index contributed by atoms with van der Waals surface area (Å²) in [7, 11) is 0. The Kier molecular flexibility index (Phi) is 4.02. The molecule has 0 radical (unpaired) electrons. The van der Waals surface area contributed by atoms with Gasteiger partial charge in [0.25, 0.3) is 0 Å². The lowest BCUT2D eigenvalue weighted by Crippen LogP contribution is -2.37. The highest BCUT2D eigenvalue weighted by Crippen LogP contribution is 2.44. The molecule has 1 aromatic rings. The van der Waals surface area contributed by atoms with Crippen LogP contribution in [0.3, 0.4) is 0 Å². The van der Waals surface area contributed by atoms with E-state index in [-0.39, 0.29) is 18.7 Å². The van der Waals surface area contributed by atoms with Crippen molar-refractivity contribution in [3.63, 3.8) is 0 Å². The van der Waals surface area contributed by atoms with E-state index in [0.717, 1.165) is 11.1 Å². The Bertz CT molecular complexity index is 846. The average Bonchev–Trinajstić information content (AvgIpc) is 2.99. The maximum Gasteiger partial charge on any atom is 0.410 e. The Morgan fingerprint density at radius 3 is 2.48 bits per heavy atom. The van der Waals surface area contributed by atoms with Crippen molar-refractivity contribution < 1.29 is 23.8 Å². The molecule has 27 heavy (non-hydrogen) atoms. The van der Waals surface area contributed by atoms with Crippen LogP contribution in [-0.4, -0.2) is 35.7 Å². The third-order valence-corrected chi connectivity index (χ3v) is 5.00. The fourth-order valence-corrected chi connectivity index (χ4v) is 3.69. The lowest BCUT2D eigenvalue weighted by Gasteiger charge is -2.30. The lowest BCUT2D eigenvalue weighted by atomic mass is 9.73. The number of ether oxygens (including phenoxy) is 3. The van der Waals surface area contributed by atoms with Gasteiger partial charge >= 0.3 is 6.09 Å². The van der Waals surface area contributed by atoms with Crippen LogP contribution in [0.5, 0.6) is 11.5 Å². The average molecular weight is 369 g/mol. The molecule has 2 aliphatic heterocycles. The van der Waals surface area contributed by atoms with Gasteiger partial charge in [-0.2, -0.15) is 0 Å². The first kappa shape index (κ1) is 17.6. The van der Waals surface area contributed by atoms with Crippen LogP contribution in [0.1, 0.15) is 38.3 Å². The van der Waals surface area contributed by atoms with Crippen molar-refractivity contribution in [2.75, 3.05) is 13.3 Å². The summed E-state index contributed by atoms with van der Waals surface area (Å²) < 4.78 is 16.7. The Morgan fingerprint density at radius 2 is 1.81 bits per heavy atom. The van der Waals surface area contributed by atoms with Gasteiger partial charge in [-0.05, 0) is 62.6 Å². The van der Waals surface area contributed by atoms with Crippen LogP contribution in [0, 0.1) is 0 Å². The van der Waals surface area contributed by atoms with Crippen molar-refractivity contribution in [3.8, 4) is 11.5 Å². The molecular weight excluding hydrogens is 346 g/mol. The number of carbonyl (C=O) groups is 2. The quantitative estimate of drug-likeness (QED) is 0.700. The van der Waals surface area contributed by atoms with Gasteiger partial charge < -0.3 is 19.1 Å². The van der Waals surface area contributed by atoms with Crippen LogP contribution in [0.2, 0.25) is 0 Å². The van der Waals surface area contributed by atoms with E-state index in [1.807, 2.05) is 45.1 Å². The smallest absolute Gasteiger partial charge is 0.410 e. The molecule has 0 saturated heterocycles. The van der Waals surface area contributed by atoms with Crippen LogP contribution >= 0.6 is 0 Å². The summed E-state index contributed by atoms with van der Waals surface area (Å²) in [5, 5.41) is 0. The maximum atomic E-state index is 12.7. The highest BCUT2D eigenvalue weighted by molar-refractivity contribution is 6.00. The van der Waals surface area contributed by atoms with Crippen LogP contribution < -0.4 is 9.47 Å². The Labute approximate surface area is 158 Å². The largest absolute Gasteiger partial charge is 0.454 e. The zero-order valence-corrected chi connectivity index (χ0v) is 15.8. The van der Waals surface area contributed by atoms with Crippen LogP contribution in [-0.2, 0) is 21.5 Å². The molecule has 0 atom stereocenters. The second kappa shape index (κ2) is 6.15. The van der Waals surface area contributed by atoms with Gasteiger partial charge in [0.1, 0.15) is 5.60 Å². The number of allylic oxidation sites excluding steroid dienone is 4. The second-order valence-corrected chi connectivity index (χ2v) is 8.12. The number of amides is 1. The first-order valence-corrected chi connectivity index (χ1v) is 9.09. The van der Waals surface area contributed by atoms with E-state index in [1.54, 1.807) is 17.1 Å². The molecule has 1 spiro atoms. The summed E-state index contributed by atoms with van der Waals surface area (Å²) in [6.07, 6.45) is 7.35. The minimum atomic E-state index is -0.560. The topological polar surface area (TPSA) is 65.1 Å². The molecule has 3 aliphatic rings. The van der Waals surface area contributed by atoms with Gasteiger partial charge in [-0.15, -0.1) is 0 Å². The summed E-state index contributed by atoms with van der Waals surface area (Å²) in [4.78, 5) is 26.1. The minimum absolute atomic E-state index is 0.0313. The molecule has 0 N–H and O–H groups in total. The van der Waals surface area contributed by atoms with E-state index in [9.17, 15) is 9.59 Å². The molecule has 0 saturated carbocycles. The molecule has 1 aromatic carbocycles. The van der Waals surface area contributed by atoms with Crippen LogP contribution in [0.25, 0.3) is 0 Å². The molecule has 6 nitrogen and oxygen atoms in total. The predicted molar refractivity (Wildman–Crippen MR) is 98.8 cm³/mol. The standard InChI is InChI=1S/C21H23NO5/c1-20(2,3)27-19(24)22-9-8-21(6-4-15(23)5-7-21)16-11-18-17(25-13-26-18)10-14(16)12-22/h4-7,10-11H,8-9,12-13H2,1-3H3. The Balaban J connectivity index is 1.75. The number of hydrogen-bond acceptors (Lipinski definition) is 5. The first-order chi connectivity index (χ1) is 12.8. The number of hydrogen-bond donors (Lipinski definition) is 0. The van der Waals surface area contributed by atoms with Crippen molar-refractivity contribution >= 4 is 11.9 Å². The lowest BCUT2D eigenvalue weighted by molar-refractivity contribution is -0.110. The summed E-state index contributed by atoms with van der Waals surface area (Å²) in [5.74, 6) is 1.34. The van der Waals surface area contributed by atoms with Gasteiger partial charge in [0.15, 0.2) is 17.3 Å². The molecule has 6 heteroatoms. The van der Waals surface area contributed by atoms with E-state index < -0.39 is 11.0 Å². The van der Waals surface area contributed by atoms with Gasteiger partial charge in [0, 0.05) is 18.5 Å². The maximum absolute atomic E-state index is 12.7. The number of nitrogens with zero attached hydrogens (tertiary/aromatic N) is 1. The number of carbonyl (C=O) groups excluding carboxylic acids is 2. The zero-order chi connectivity index (χ0) is 19.2. The molecule has 0 bridgehead atoms. The molecular formula is C21H23NO5. The Morgan fingerprint density at radius 1 is 1.15 bits per heavy atom. The van der Waals surface area contributed by atoms with Gasteiger partial charge in [0.05, 0.1) is 0 Å². The van der Waals surface area contributed by atoms with Crippen molar-refractivity contribution in [1.82, 2.24) is 4.90 Å². The fourth-order valence-electron chi connectivity index (χ4n) is 3.69. The molecule has 0 unspecified atom stereocenters.